The summed E-state index contributed by atoms with van der Waals surface area (Å²) in [6.07, 6.45) is 11.3. The average Bonchev–Trinajstić information content (AvgIpc) is 2.05. The largest absolute Gasteiger partial charge is 0.508 e. The van der Waals surface area contributed by atoms with Gasteiger partial charge < -0.3 is 40.1 Å². The summed E-state index contributed by atoms with van der Waals surface area (Å²) < 4.78 is 95.6. The van der Waals surface area contributed by atoms with Crippen LogP contribution in [0.1, 0.15) is 87.8 Å². The number of phenols is 2. The van der Waals surface area contributed by atoms with Gasteiger partial charge in [0.15, 0.2) is 12.0 Å². The summed E-state index contributed by atoms with van der Waals surface area (Å²) in [7, 11) is 0. The molecule has 8 saturated heterocycles. The summed E-state index contributed by atoms with van der Waals surface area (Å²) in [5.74, 6) is -2.07. The summed E-state index contributed by atoms with van der Waals surface area (Å²) in [6, 6.07) is 11.2. The van der Waals surface area contributed by atoms with E-state index in [2.05, 4.69) is 35.2 Å². The average molecular weight is 1200 g/mol. The number of benzene rings is 4. The number of hydrogen-bond acceptors (Lipinski definition) is 14. The molecule has 0 radical (unpaired) electrons. The number of aliphatic imine (C=N–C) groups is 2. The van der Waals surface area contributed by atoms with E-state index >= 15 is 17.6 Å². The van der Waals surface area contributed by atoms with E-state index < -0.39 is 46.9 Å². The first-order valence-corrected chi connectivity index (χ1v) is 30.8. The lowest BCUT2D eigenvalue weighted by Crippen LogP contribution is -2.52. The topological polar surface area (TPSA) is 146 Å². The predicted octanol–water partition coefficient (Wildman–Crippen LogP) is 11.1. The van der Waals surface area contributed by atoms with Crippen LogP contribution in [-0.2, 0) is 4.74 Å². The third-order valence-electron chi connectivity index (χ3n) is 20.6. The molecule has 16 rings (SSSR count). The molecule has 12 heterocycles. The Labute approximate surface area is 497 Å². The second-order valence-corrected chi connectivity index (χ2v) is 26.3. The molecule has 2 aromatic heterocycles. The number of aromatic hydroxyl groups is 2. The van der Waals surface area contributed by atoms with E-state index in [0.29, 0.717) is 91.5 Å². The molecular weight excluding hydrogens is 1140 g/mol. The molecule has 0 saturated carbocycles. The van der Waals surface area contributed by atoms with Crippen molar-refractivity contribution in [2.45, 2.75) is 130 Å². The molecule has 21 heteroatoms. The monoisotopic (exact) mass is 1200 g/mol. The van der Waals surface area contributed by atoms with Gasteiger partial charge in [0.2, 0.25) is 11.8 Å². The van der Waals surface area contributed by atoms with Crippen molar-refractivity contribution >= 4 is 72.9 Å². The van der Waals surface area contributed by atoms with Crippen LogP contribution in [0.2, 0.25) is 10.0 Å². The van der Waals surface area contributed by atoms with Crippen LogP contribution in [0, 0.1) is 17.5 Å². The minimum atomic E-state index is -1.86. The van der Waals surface area contributed by atoms with Crippen molar-refractivity contribution in [1.29, 1.82) is 0 Å². The molecule has 10 atom stereocenters. The highest BCUT2D eigenvalue weighted by molar-refractivity contribution is 6.38. The summed E-state index contributed by atoms with van der Waals surface area (Å²) in [5.41, 5.74) is 1.70. The van der Waals surface area contributed by atoms with Crippen LogP contribution in [-0.4, -0.2) is 159 Å². The van der Waals surface area contributed by atoms with Crippen LogP contribution in [0.4, 0.5) is 27.6 Å². The van der Waals surface area contributed by atoms with Gasteiger partial charge in [-0.15, -0.1) is 0 Å². The molecule has 8 fully saturated rings. The van der Waals surface area contributed by atoms with Crippen LogP contribution in [0.15, 0.2) is 88.3 Å². The van der Waals surface area contributed by atoms with Gasteiger partial charge in [0.05, 0.1) is 32.5 Å². The number of phenolic OH excluding ortho intramolecular Hbond substituents is 2. The molecule has 4 bridgehead atoms. The molecule has 6 aromatic rings. The molecule has 9 unspecified atom stereocenters. The second-order valence-electron chi connectivity index (χ2n) is 25.5. The van der Waals surface area contributed by atoms with Gasteiger partial charge in [0.1, 0.15) is 59.8 Å². The van der Waals surface area contributed by atoms with Crippen LogP contribution < -0.4 is 20.3 Å². The normalized spacial score (nSPS) is 30.7. The molecule has 85 heavy (non-hydrogen) atoms. The van der Waals surface area contributed by atoms with E-state index in [1.807, 2.05) is 12.1 Å². The van der Waals surface area contributed by atoms with Crippen molar-refractivity contribution in [2.75, 3.05) is 63.9 Å². The molecule has 14 nitrogen and oxygen atoms in total. The van der Waals surface area contributed by atoms with E-state index in [1.165, 1.54) is 36.4 Å². The highest BCUT2D eigenvalue weighted by Crippen LogP contribution is 2.53. The summed E-state index contributed by atoms with van der Waals surface area (Å²) in [4.78, 5) is 28.2. The maximum atomic E-state index is 18.0. The molecule has 0 spiro atoms. The number of fused-ring (bicyclic) bond motifs is 10. The summed E-state index contributed by atoms with van der Waals surface area (Å²) in [5, 5.41) is 31.2. The lowest BCUT2D eigenvalue weighted by Gasteiger charge is -2.40. The molecule has 442 valence electrons. The van der Waals surface area contributed by atoms with Crippen LogP contribution >= 0.6 is 23.2 Å². The molecule has 10 aliphatic rings. The number of nitrogens with one attached hydrogen (secondary N) is 2. The fourth-order valence-electron chi connectivity index (χ4n) is 16.7. The van der Waals surface area contributed by atoms with Gasteiger partial charge >= 0.3 is 0 Å². The number of hydrogen-bond donors (Lipinski definition) is 4. The number of ether oxygens (including phenoxy) is 2. The molecular formula is C64H63Cl2F5N10O4. The van der Waals surface area contributed by atoms with E-state index in [-0.39, 0.29) is 116 Å². The van der Waals surface area contributed by atoms with Crippen LogP contribution in [0.5, 0.6) is 17.4 Å². The molecule has 0 aliphatic carbocycles. The first kappa shape index (κ1) is 54.1. The van der Waals surface area contributed by atoms with Crippen molar-refractivity contribution in [3.63, 3.8) is 0 Å². The first-order chi connectivity index (χ1) is 41.2. The zero-order valence-electron chi connectivity index (χ0n) is 46.5. The van der Waals surface area contributed by atoms with Gasteiger partial charge in [-0.1, -0.05) is 29.3 Å². The standard InChI is InChI=1S/C64H63Cl2F5N10O4/c65-55-46(68)8-3-32-15-38(82)17-42(53(32)55)59-57(70)61-44(23-72-59)49(78-26-34-4-5-35(27-78)74-34)20-51(76-61)84-30-63-10-2-14-81(63)48(9-12-63)40-19-47(69)56(66)54-41(40)16-39(83)18-43(54)60-58(71)62-45(24-73-60)50(79-28-36-6-7-37(29-79)75-36)21-52(77-62)85-31-64-11-1-13-80(64)25-33(67)22-64/h3,8,15-21,23-24,33-37,48,58,62,74-75,82-83H,1-2,4-7,9-14,22,25-31H2/t33-,34?,35?,36?,37?,48?,58?,62?,63?,64?/m0/s1. The number of alkyl halides is 2. The third kappa shape index (κ3) is 8.88. The Morgan fingerprint density at radius 1 is 0.718 bits per heavy atom. The fourth-order valence-corrected chi connectivity index (χ4v) is 17.3. The predicted molar refractivity (Wildman–Crippen MR) is 317 cm³/mol. The Morgan fingerprint density at radius 3 is 2.21 bits per heavy atom. The third-order valence-corrected chi connectivity index (χ3v) is 21.3. The van der Waals surface area contributed by atoms with Crippen molar-refractivity contribution < 1.29 is 41.6 Å². The number of likely N-dealkylation sites (tertiary alicyclic amines) is 1. The van der Waals surface area contributed by atoms with Gasteiger partial charge in [-0.25, -0.2) is 31.9 Å². The summed E-state index contributed by atoms with van der Waals surface area (Å²) in [6.45, 7) is 4.99. The number of piperazine rings is 2. The lowest BCUT2D eigenvalue weighted by atomic mass is 9.86. The highest BCUT2D eigenvalue weighted by atomic mass is 35.5. The van der Waals surface area contributed by atoms with Crippen molar-refractivity contribution in [3.05, 3.63) is 117 Å². The highest BCUT2D eigenvalue weighted by Gasteiger charge is 2.52. The van der Waals surface area contributed by atoms with Crippen LogP contribution in [0.25, 0.3) is 43.7 Å². The van der Waals surface area contributed by atoms with Crippen molar-refractivity contribution in [1.82, 2.24) is 35.3 Å². The molecule has 0 amide bonds. The number of anilines is 1. The molecule has 10 aliphatic heterocycles. The number of nitrogens with zero attached hydrogens (tertiary/aromatic N) is 8. The number of pyridine rings is 2. The Morgan fingerprint density at radius 2 is 1.42 bits per heavy atom. The van der Waals surface area contributed by atoms with Gasteiger partial charge in [0, 0.05) is 132 Å². The number of halogens is 7. The Balaban J connectivity index is 0.731. The first-order valence-electron chi connectivity index (χ1n) is 30.1. The van der Waals surface area contributed by atoms with E-state index in [0.717, 1.165) is 63.6 Å². The molecule has 4 N–H and O–H groups in total. The smallest absolute Gasteiger partial charge is 0.216 e. The van der Waals surface area contributed by atoms with Crippen LogP contribution in [0.3, 0.4) is 0 Å². The maximum absolute atomic E-state index is 18.0. The lowest BCUT2D eigenvalue weighted by molar-refractivity contribution is 0.0873. The van der Waals surface area contributed by atoms with Gasteiger partial charge in [-0.2, -0.15) is 0 Å². The van der Waals surface area contributed by atoms with Gasteiger partial charge in [-0.3, -0.25) is 19.8 Å². The number of aromatic nitrogens is 2. The van der Waals surface area contributed by atoms with E-state index in [4.69, 9.17) is 47.6 Å². The minimum Gasteiger partial charge on any atom is -0.508 e. The zero-order valence-corrected chi connectivity index (χ0v) is 48.1. The van der Waals surface area contributed by atoms with E-state index in [1.54, 1.807) is 18.5 Å². The van der Waals surface area contributed by atoms with Gasteiger partial charge in [0.25, 0.3) is 0 Å². The maximum Gasteiger partial charge on any atom is 0.216 e. The quantitative estimate of drug-likeness (QED) is 0.0969. The Hall–Kier alpha value is -6.35. The van der Waals surface area contributed by atoms with Crippen molar-refractivity contribution in [2.24, 2.45) is 9.98 Å². The van der Waals surface area contributed by atoms with Crippen molar-refractivity contribution in [3.8, 4) is 28.6 Å². The minimum absolute atomic E-state index is 0.00912. The second kappa shape index (κ2) is 20.4. The van der Waals surface area contributed by atoms with Gasteiger partial charge in [-0.05, 0) is 130 Å². The number of dihydropyridines is 1. The van der Waals surface area contributed by atoms with E-state index in [9.17, 15) is 14.6 Å². The Bertz CT molecular complexity index is 3920. The number of rotatable bonds is 10. The SMILES string of the molecule is Oc1cc(-c2ncc3c(N4CC5CCC(C4)N5)cc(OCC45CCCN4C(c4cc(F)c(Cl)c6c(C7=NC=C8C(N9CC%10CCC(C9)N%10)=CC(OCC9%10CCCN9C[C@@H](F)C%10)=NC8C7F)cc(O)cc46)CC5)nc3c2F)c2c(Cl)c(F)ccc2c1. The Kier molecular flexibility index (Phi) is 13.0. The fraction of sp³-hybridized carbons (Fsp3) is 0.469. The summed E-state index contributed by atoms with van der Waals surface area (Å²) >= 11 is 13.6. The zero-order chi connectivity index (χ0) is 57.8. The molecule has 4 aromatic carbocycles.